The van der Waals surface area contributed by atoms with Crippen molar-refractivity contribution >= 4 is 26.7 Å². The predicted molar refractivity (Wildman–Crippen MR) is 126 cm³/mol. The summed E-state index contributed by atoms with van der Waals surface area (Å²) in [5, 5.41) is 9.82. The summed E-state index contributed by atoms with van der Waals surface area (Å²) in [6, 6.07) is 23.3. The molecule has 0 radical (unpaired) electrons. The lowest BCUT2D eigenvalue weighted by Crippen LogP contribution is -2.02. The SMILES string of the molecule is C=C(/C(C#N)=C\C(=C(/N)c1ccc(F)cc1)c1ccc(S(C)(=O)=O)cc1)c1ccccc1. The molecule has 0 aromatic heterocycles. The van der Waals surface area contributed by atoms with Gasteiger partial charge in [-0.25, -0.2) is 12.8 Å². The summed E-state index contributed by atoms with van der Waals surface area (Å²) in [5.41, 5.74) is 10.0. The topological polar surface area (TPSA) is 83.9 Å². The van der Waals surface area contributed by atoms with Crippen LogP contribution < -0.4 is 5.73 Å². The summed E-state index contributed by atoms with van der Waals surface area (Å²) in [6.45, 7) is 4.05. The molecule has 0 aliphatic heterocycles. The number of hydrogen-bond acceptors (Lipinski definition) is 4. The van der Waals surface area contributed by atoms with Gasteiger partial charge in [0.25, 0.3) is 0 Å². The molecule has 160 valence electrons. The van der Waals surface area contributed by atoms with Crippen LogP contribution in [-0.4, -0.2) is 14.7 Å². The first kappa shape index (κ1) is 22.7. The molecule has 0 saturated carbocycles. The van der Waals surface area contributed by atoms with Crippen LogP contribution >= 0.6 is 0 Å². The summed E-state index contributed by atoms with van der Waals surface area (Å²) in [5.74, 6) is -0.397. The van der Waals surface area contributed by atoms with E-state index in [0.717, 1.165) is 11.8 Å². The number of allylic oxidation sites excluding steroid dienone is 4. The van der Waals surface area contributed by atoms with Crippen LogP contribution in [0.2, 0.25) is 0 Å². The highest BCUT2D eigenvalue weighted by Gasteiger charge is 2.13. The van der Waals surface area contributed by atoms with Crippen LogP contribution in [0, 0.1) is 17.1 Å². The van der Waals surface area contributed by atoms with Gasteiger partial charge in [0.15, 0.2) is 9.84 Å². The molecule has 6 heteroatoms. The van der Waals surface area contributed by atoms with Crippen molar-refractivity contribution < 1.29 is 12.8 Å². The molecule has 0 heterocycles. The maximum atomic E-state index is 13.4. The minimum absolute atomic E-state index is 0.166. The Morgan fingerprint density at radius 1 is 0.938 bits per heavy atom. The van der Waals surface area contributed by atoms with Crippen LogP contribution in [0.1, 0.15) is 16.7 Å². The molecule has 0 saturated heterocycles. The van der Waals surface area contributed by atoms with E-state index >= 15 is 0 Å². The van der Waals surface area contributed by atoms with Crippen molar-refractivity contribution in [2.24, 2.45) is 5.73 Å². The van der Waals surface area contributed by atoms with Gasteiger partial charge in [-0.1, -0.05) is 49.0 Å². The van der Waals surface area contributed by atoms with Gasteiger partial charge in [-0.3, -0.25) is 0 Å². The summed E-state index contributed by atoms with van der Waals surface area (Å²) in [6.07, 6.45) is 2.74. The monoisotopic (exact) mass is 444 g/mol. The standard InChI is InChI=1S/C26H21FN2O2S/c1-18(19-6-4-3-5-7-19)22(17-28)16-25(26(29)21-8-12-23(27)13-9-21)20-10-14-24(15-11-20)32(2,30)31/h3-16H,1,29H2,2H3/b22-16-,26-25+. The van der Waals surface area contributed by atoms with Crippen molar-refractivity contribution in [2.45, 2.75) is 4.90 Å². The van der Waals surface area contributed by atoms with Crippen molar-refractivity contribution in [3.8, 4) is 6.07 Å². The Kier molecular flexibility index (Phi) is 6.72. The van der Waals surface area contributed by atoms with Crippen molar-refractivity contribution in [3.05, 3.63) is 120 Å². The summed E-state index contributed by atoms with van der Waals surface area (Å²) < 4.78 is 37.1. The van der Waals surface area contributed by atoms with Gasteiger partial charge < -0.3 is 5.73 Å². The van der Waals surface area contributed by atoms with E-state index in [9.17, 15) is 18.1 Å². The average molecular weight is 445 g/mol. The Morgan fingerprint density at radius 3 is 2.03 bits per heavy atom. The summed E-state index contributed by atoms with van der Waals surface area (Å²) in [7, 11) is -3.37. The Labute approximate surface area is 187 Å². The van der Waals surface area contributed by atoms with E-state index in [1.54, 1.807) is 30.3 Å². The van der Waals surface area contributed by atoms with E-state index in [0.29, 0.717) is 33.5 Å². The van der Waals surface area contributed by atoms with Crippen molar-refractivity contribution in [1.82, 2.24) is 0 Å². The number of nitrogens with zero attached hydrogens (tertiary/aromatic N) is 1. The van der Waals surface area contributed by atoms with E-state index in [2.05, 4.69) is 12.6 Å². The zero-order chi connectivity index (χ0) is 23.3. The van der Waals surface area contributed by atoms with Gasteiger partial charge in [0.2, 0.25) is 0 Å². The number of rotatable bonds is 6. The molecular formula is C26H21FN2O2S. The first-order valence-electron chi connectivity index (χ1n) is 9.63. The van der Waals surface area contributed by atoms with Gasteiger partial charge in [0.1, 0.15) is 5.82 Å². The van der Waals surface area contributed by atoms with E-state index in [1.807, 2.05) is 30.3 Å². The quantitative estimate of drug-likeness (QED) is 0.321. The van der Waals surface area contributed by atoms with Crippen molar-refractivity contribution in [3.63, 3.8) is 0 Å². The lowest BCUT2D eigenvalue weighted by atomic mass is 9.93. The number of sulfone groups is 1. The van der Waals surface area contributed by atoms with Crippen LogP contribution in [0.4, 0.5) is 4.39 Å². The molecule has 32 heavy (non-hydrogen) atoms. The smallest absolute Gasteiger partial charge is 0.175 e. The van der Waals surface area contributed by atoms with Crippen LogP contribution in [-0.2, 0) is 9.84 Å². The van der Waals surface area contributed by atoms with Crippen LogP contribution in [0.25, 0.3) is 16.8 Å². The third-order valence-electron chi connectivity index (χ3n) is 4.90. The fourth-order valence-corrected chi connectivity index (χ4v) is 3.74. The van der Waals surface area contributed by atoms with E-state index in [4.69, 9.17) is 5.73 Å². The summed E-state index contributed by atoms with van der Waals surface area (Å²) >= 11 is 0. The zero-order valence-electron chi connectivity index (χ0n) is 17.4. The third-order valence-corrected chi connectivity index (χ3v) is 6.02. The van der Waals surface area contributed by atoms with Gasteiger partial charge >= 0.3 is 0 Å². The maximum Gasteiger partial charge on any atom is 0.175 e. The number of nitrogens with two attached hydrogens (primary N) is 1. The molecule has 0 atom stereocenters. The first-order valence-corrected chi connectivity index (χ1v) is 11.5. The van der Waals surface area contributed by atoms with E-state index in [1.165, 1.54) is 24.3 Å². The molecule has 0 spiro atoms. The minimum atomic E-state index is -3.37. The predicted octanol–water partition coefficient (Wildman–Crippen LogP) is 5.22. The zero-order valence-corrected chi connectivity index (χ0v) is 18.2. The Morgan fingerprint density at radius 2 is 1.50 bits per heavy atom. The molecule has 0 fully saturated rings. The van der Waals surface area contributed by atoms with Crippen LogP contribution in [0.15, 0.2) is 102 Å². The van der Waals surface area contributed by atoms with Crippen LogP contribution in [0.5, 0.6) is 0 Å². The molecule has 3 aromatic rings. The normalized spacial score (nSPS) is 12.6. The fourth-order valence-electron chi connectivity index (χ4n) is 3.11. The Balaban J connectivity index is 2.19. The minimum Gasteiger partial charge on any atom is -0.398 e. The molecule has 0 bridgehead atoms. The van der Waals surface area contributed by atoms with Crippen molar-refractivity contribution in [1.29, 1.82) is 5.26 Å². The molecule has 0 unspecified atom stereocenters. The fraction of sp³-hybridized carbons (Fsp3) is 0.0385. The molecule has 0 amide bonds. The van der Waals surface area contributed by atoms with E-state index in [-0.39, 0.29) is 4.90 Å². The molecule has 3 aromatic carbocycles. The number of hydrogen-bond donors (Lipinski definition) is 1. The largest absolute Gasteiger partial charge is 0.398 e. The van der Waals surface area contributed by atoms with Crippen LogP contribution in [0.3, 0.4) is 0 Å². The van der Waals surface area contributed by atoms with Gasteiger partial charge in [0, 0.05) is 17.5 Å². The highest BCUT2D eigenvalue weighted by molar-refractivity contribution is 7.90. The van der Waals surface area contributed by atoms with Gasteiger partial charge in [0.05, 0.1) is 16.5 Å². The summed E-state index contributed by atoms with van der Waals surface area (Å²) in [4.78, 5) is 0.166. The number of nitriles is 1. The lowest BCUT2D eigenvalue weighted by Gasteiger charge is -2.12. The average Bonchev–Trinajstić information content (AvgIpc) is 2.80. The van der Waals surface area contributed by atoms with Crippen molar-refractivity contribution in [2.75, 3.05) is 6.26 Å². The Hall–Kier alpha value is -3.95. The molecule has 2 N–H and O–H groups in total. The second-order valence-electron chi connectivity index (χ2n) is 7.15. The lowest BCUT2D eigenvalue weighted by molar-refractivity contribution is 0.602. The molecule has 0 aliphatic rings. The first-order chi connectivity index (χ1) is 15.2. The second kappa shape index (κ2) is 9.46. The van der Waals surface area contributed by atoms with E-state index < -0.39 is 15.7 Å². The number of halogens is 1. The highest BCUT2D eigenvalue weighted by atomic mass is 32.2. The molecule has 4 nitrogen and oxygen atoms in total. The second-order valence-corrected chi connectivity index (χ2v) is 9.16. The molecule has 0 aliphatic carbocycles. The highest BCUT2D eigenvalue weighted by Crippen LogP contribution is 2.30. The number of benzene rings is 3. The van der Waals surface area contributed by atoms with Gasteiger partial charge in [-0.2, -0.15) is 5.26 Å². The van der Waals surface area contributed by atoms with Gasteiger partial charge in [-0.15, -0.1) is 0 Å². The molecule has 3 rings (SSSR count). The molecular weight excluding hydrogens is 423 g/mol. The van der Waals surface area contributed by atoms with Gasteiger partial charge in [-0.05, 0) is 64.7 Å². The maximum absolute atomic E-state index is 13.4. The third kappa shape index (κ3) is 5.20. The Bertz CT molecular complexity index is 1350.